The van der Waals surface area contributed by atoms with Gasteiger partial charge >= 0.3 is 0 Å². The fraction of sp³-hybridized carbons (Fsp3) is 0.714. The number of aryl methyl sites for hydroxylation is 1. The van der Waals surface area contributed by atoms with Crippen LogP contribution in [0.15, 0.2) is 12.3 Å². The molecule has 1 saturated heterocycles. The summed E-state index contributed by atoms with van der Waals surface area (Å²) >= 11 is 0. The maximum Gasteiger partial charge on any atom is 0.132 e. The summed E-state index contributed by atoms with van der Waals surface area (Å²) in [6.45, 7) is 8.50. The Kier molecular flexibility index (Phi) is 4.53. The third-order valence-electron chi connectivity index (χ3n) is 3.44. The van der Waals surface area contributed by atoms with Crippen LogP contribution in [0.4, 0.5) is 5.82 Å². The molecule has 0 aromatic carbocycles. The van der Waals surface area contributed by atoms with Gasteiger partial charge in [-0.25, -0.2) is 9.97 Å². The number of nitrogens with one attached hydrogen (secondary N) is 1. The summed E-state index contributed by atoms with van der Waals surface area (Å²) in [7, 11) is 0. The molecule has 1 atom stereocenters. The summed E-state index contributed by atoms with van der Waals surface area (Å²) in [4.78, 5) is 11.2. The van der Waals surface area contributed by atoms with Gasteiger partial charge in [0.05, 0.1) is 0 Å². The average molecular weight is 248 g/mol. The first-order chi connectivity index (χ1) is 8.66. The minimum absolute atomic E-state index is 0.543. The Labute approximate surface area is 110 Å². The van der Waals surface area contributed by atoms with E-state index in [4.69, 9.17) is 0 Å². The molecule has 0 amide bonds. The third kappa shape index (κ3) is 3.42. The number of piperidine rings is 1. The summed E-state index contributed by atoms with van der Waals surface area (Å²) in [6.07, 6.45) is 5.70. The van der Waals surface area contributed by atoms with Crippen LogP contribution in [0.2, 0.25) is 0 Å². The van der Waals surface area contributed by atoms with E-state index in [1.54, 1.807) is 0 Å². The van der Waals surface area contributed by atoms with E-state index >= 15 is 0 Å². The summed E-state index contributed by atoms with van der Waals surface area (Å²) in [5.41, 5.74) is 0. The highest BCUT2D eigenvalue weighted by molar-refractivity contribution is 5.39. The Morgan fingerprint density at radius 2 is 2.28 bits per heavy atom. The highest BCUT2D eigenvalue weighted by Crippen LogP contribution is 2.22. The molecule has 0 bridgehead atoms. The minimum Gasteiger partial charge on any atom is -0.352 e. The average Bonchev–Trinajstić information content (AvgIpc) is 2.36. The number of rotatable bonds is 4. The van der Waals surface area contributed by atoms with Crippen molar-refractivity contribution in [1.82, 2.24) is 15.3 Å². The van der Waals surface area contributed by atoms with Gasteiger partial charge in [0.2, 0.25) is 0 Å². The summed E-state index contributed by atoms with van der Waals surface area (Å²) in [6, 6.07) is 3.14. The largest absolute Gasteiger partial charge is 0.352 e. The molecule has 2 heterocycles. The minimum atomic E-state index is 0.543. The first kappa shape index (κ1) is 13.3. The first-order valence-corrected chi connectivity index (χ1v) is 6.96. The zero-order valence-corrected chi connectivity index (χ0v) is 11.7. The van der Waals surface area contributed by atoms with E-state index in [0.29, 0.717) is 12.1 Å². The van der Waals surface area contributed by atoms with E-state index in [9.17, 15) is 0 Å². The van der Waals surface area contributed by atoms with Gasteiger partial charge in [-0.1, -0.05) is 13.8 Å². The Morgan fingerprint density at radius 3 is 3.00 bits per heavy atom. The van der Waals surface area contributed by atoms with Gasteiger partial charge in [-0.2, -0.15) is 0 Å². The van der Waals surface area contributed by atoms with Gasteiger partial charge in [0.25, 0.3) is 0 Å². The molecule has 0 saturated carbocycles. The molecule has 1 unspecified atom stereocenters. The van der Waals surface area contributed by atoms with Crippen molar-refractivity contribution >= 4 is 5.82 Å². The molecule has 0 spiro atoms. The molecule has 1 aliphatic heterocycles. The molecule has 1 aliphatic rings. The van der Waals surface area contributed by atoms with Crippen LogP contribution in [0.25, 0.3) is 0 Å². The van der Waals surface area contributed by atoms with Crippen LogP contribution in [-0.2, 0) is 0 Å². The standard InChI is InChI=1S/C14H24N4/c1-11(2)16-10-13-6-4-5-9-18(13)14-7-8-15-12(3)17-14/h7-8,11,13,16H,4-6,9-10H2,1-3H3. The van der Waals surface area contributed by atoms with Crippen LogP contribution < -0.4 is 10.2 Å². The second-order valence-corrected chi connectivity index (χ2v) is 5.37. The van der Waals surface area contributed by atoms with E-state index in [0.717, 1.165) is 24.7 Å². The van der Waals surface area contributed by atoms with E-state index in [-0.39, 0.29) is 0 Å². The number of nitrogens with zero attached hydrogens (tertiary/aromatic N) is 3. The quantitative estimate of drug-likeness (QED) is 0.886. The molecule has 100 valence electrons. The van der Waals surface area contributed by atoms with Crippen LogP contribution in [0.5, 0.6) is 0 Å². The summed E-state index contributed by atoms with van der Waals surface area (Å²) < 4.78 is 0. The van der Waals surface area contributed by atoms with Crippen LogP contribution in [0.1, 0.15) is 38.9 Å². The Bertz CT molecular complexity index is 378. The van der Waals surface area contributed by atoms with E-state index in [2.05, 4.69) is 34.0 Å². The normalized spacial score (nSPS) is 20.4. The lowest BCUT2D eigenvalue weighted by molar-refractivity contribution is 0.418. The van der Waals surface area contributed by atoms with Crippen LogP contribution in [0.3, 0.4) is 0 Å². The molecule has 4 nitrogen and oxygen atoms in total. The second kappa shape index (κ2) is 6.14. The molecule has 2 rings (SSSR count). The SMILES string of the molecule is Cc1nccc(N2CCCCC2CNC(C)C)n1. The molecule has 0 radical (unpaired) electrons. The summed E-state index contributed by atoms with van der Waals surface area (Å²) in [5, 5.41) is 3.54. The molecule has 0 aliphatic carbocycles. The molecular formula is C14H24N4. The fourth-order valence-electron chi connectivity index (χ4n) is 2.49. The van der Waals surface area contributed by atoms with Gasteiger partial charge in [-0.15, -0.1) is 0 Å². The molecular weight excluding hydrogens is 224 g/mol. The van der Waals surface area contributed by atoms with Gasteiger partial charge in [-0.3, -0.25) is 0 Å². The van der Waals surface area contributed by atoms with Crippen molar-refractivity contribution in [1.29, 1.82) is 0 Å². The van der Waals surface area contributed by atoms with Crippen LogP contribution in [-0.4, -0.2) is 35.1 Å². The second-order valence-electron chi connectivity index (χ2n) is 5.37. The summed E-state index contributed by atoms with van der Waals surface area (Å²) in [5.74, 6) is 1.94. The zero-order valence-electron chi connectivity index (χ0n) is 11.7. The third-order valence-corrected chi connectivity index (χ3v) is 3.44. The van der Waals surface area contributed by atoms with Crippen molar-refractivity contribution in [3.63, 3.8) is 0 Å². The number of aromatic nitrogens is 2. The van der Waals surface area contributed by atoms with Crippen molar-refractivity contribution in [2.75, 3.05) is 18.0 Å². The van der Waals surface area contributed by atoms with E-state index in [1.165, 1.54) is 19.3 Å². The fourth-order valence-corrected chi connectivity index (χ4v) is 2.49. The topological polar surface area (TPSA) is 41.1 Å². The maximum atomic E-state index is 4.56. The predicted molar refractivity (Wildman–Crippen MR) is 74.9 cm³/mol. The number of anilines is 1. The van der Waals surface area contributed by atoms with Crippen molar-refractivity contribution < 1.29 is 0 Å². The van der Waals surface area contributed by atoms with Gasteiger partial charge in [-0.05, 0) is 32.3 Å². The molecule has 1 N–H and O–H groups in total. The Hall–Kier alpha value is -1.16. The van der Waals surface area contributed by atoms with Crippen LogP contribution in [0, 0.1) is 6.92 Å². The number of hydrogen-bond acceptors (Lipinski definition) is 4. The molecule has 4 heteroatoms. The molecule has 1 aromatic rings. The van der Waals surface area contributed by atoms with Crippen LogP contribution >= 0.6 is 0 Å². The maximum absolute atomic E-state index is 4.56. The van der Waals surface area contributed by atoms with Gasteiger partial charge in [0, 0.05) is 31.4 Å². The van der Waals surface area contributed by atoms with E-state index in [1.807, 2.05) is 19.2 Å². The Morgan fingerprint density at radius 1 is 1.44 bits per heavy atom. The lowest BCUT2D eigenvalue weighted by atomic mass is 10.0. The van der Waals surface area contributed by atoms with Crippen molar-refractivity contribution in [3.8, 4) is 0 Å². The molecule has 18 heavy (non-hydrogen) atoms. The number of hydrogen-bond donors (Lipinski definition) is 1. The highest BCUT2D eigenvalue weighted by atomic mass is 15.2. The van der Waals surface area contributed by atoms with Gasteiger partial charge in [0.1, 0.15) is 11.6 Å². The van der Waals surface area contributed by atoms with Crippen molar-refractivity contribution in [2.24, 2.45) is 0 Å². The first-order valence-electron chi connectivity index (χ1n) is 6.96. The predicted octanol–water partition coefficient (Wildman–Crippen LogP) is 2.14. The highest BCUT2D eigenvalue weighted by Gasteiger charge is 2.23. The zero-order chi connectivity index (χ0) is 13.0. The molecule has 1 aromatic heterocycles. The lowest BCUT2D eigenvalue weighted by Crippen LogP contribution is -2.47. The van der Waals surface area contributed by atoms with Gasteiger partial charge in [0.15, 0.2) is 0 Å². The van der Waals surface area contributed by atoms with Crippen molar-refractivity contribution in [3.05, 3.63) is 18.1 Å². The lowest BCUT2D eigenvalue weighted by Gasteiger charge is -2.37. The molecule has 1 fully saturated rings. The monoisotopic (exact) mass is 248 g/mol. The van der Waals surface area contributed by atoms with Gasteiger partial charge < -0.3 is 10.2 Å². The Balaban J connectivity index is 2.07. The van der Waals surface area contributed by atoms with Crippen molar-refractivity contribution in [2.45, 2.75) is 52.1 Å². The smallest absolute Gasteiger partial charge is 0.132 e. The van der Waals surface area contributed by atoms with E-state index < -0.39 is 0 Å².